The molecule has 1 aromatic rings. The molecule has 20 heavy (non-hydrogen) atoms. The van der Waals surface area contributed by atoms with E-state index in [4.69, 9.17) is 10.5 Å². The molecule has 1 aromatic carbocycles. The molecule has 0 unspecified atom stereocenters. The van der Waals surface area contributed by atoms with Crippen molar-refractivity contribution in [1.29, 1.82) is 0 Å². The van der Waals surface area contributed by atoms with E-state index in [1.54, 1.807) is 18.2 Å². The molecule has 6 nitrogen and oxygen atoms in total. The SMILES string of the molecule is CS(=O)(=O)CCS(=O)(=O)CCOc1cccc(CN)c1. The second kappa shape index (κ2) is 7.05. The smallest absolute Gasteiger partial charge is 0.154 e. The van der Waals surface area contributed by atoms with E-state index in [-0.39, 0.29) is 23.9 Å². The normalized spacial score (nSPS) is 12.3. The number of sulfone groups is 2. The van der Waals surface area contributed by atoms with Gasteiger partial charge in [-0.2, -0.15) is 0 Å². The Kier molecular flexibility index (Phi) is 5.97. The number of rotatable bonds is 8. The molecule has 0 saturated carbocycles. The molecule has 0 bridgehead atoms. The summed E-state index contributed by atoms with van der Waals surface area (Å²) in [6, 6.07) is 7.07. The Morgan fingerprint density at radius 2 is 1.80 bits per heavy atom. The zero-order valence-corrected chi connectivity index (χ0v) is 12.9. The van der Waals surface area contributed by atoms with E-state index in [1.165, 1.54) is 0 Å². The van der Waals surface area contributed by atoms with Gasteiger partial charge in [0.2, 0.25) is 0 Å². The van der Waals surface area contributed by atoms with Crippen LogP contribution in [0.1, 0.15) is 5.56 Å². The molecule has 0 atom stereocenters. The largest absolute Gasteiger partial charge is 0.493 e. The first-order valence-electron chi connectivity index (χ1n) is 6.02. The lowest BCUT2D eigenvalue weighted by atomic mass is 10.2. The van der Waals surface area contributed by atoms with Crippen molar-refractivity contribution >= 4 is 19.7 Å². The van der Waals surface area contributed by atoms with Gasteiger partial charge in [0.25, 0.3) is 0 Å². The number of hydrogen-bond acceptors (Lipinski definition) is 6. The van der Waals surface area contributed by atoms with Gasteiger partial charge in [-0.15, -0.1) is 0 Å². The van der Waals surface area contributed by atoms with Gasteiger partial charge in [-0.25, -0.2) is 16.8 Å². The van der Waals surface area contributed by atoms with Crippen molar-refractivity contribution in [1.82, 2.24) is 0 Å². The first kappa shape index (κ1) is 16.9. The minimum absolute atomic E-state index is 0.0138. The molecular formula is C12H19NO5S2. The maximum absolute atomic E-state index is 11.6. The van der Waals surface area contributed by atoms with Gasteiger partial charge in [0.05, 0.1) is 17.3 Å². The fourth-order valence-corrected chi connectivity index (χ4v) is 4.20. The van der Waals surface area contributed by atoms with Crippen LogP contribution >= 0.6 is 0 Å². The third-order valence-corrected chi connectivity index (χ3v) is 5.38. The number of ether oxygens (including phenoxy) is 1. The van der Waals surface area contributed by atoms with E-state index in [0.717, 1.165) is 11.8 Å². The van der Waals surface area contributed by atoms with E-state index in [9.17, 15) is 16.8 Å². The molecule has 0 aromatic heterocycles. The van der Waals surface area contributed by atoms with Gasteiger partial charge in [-0.3, -0.25) is 0 Å². The van der Waals surface area contributed by atoms with Crippen molar-refractivity contribution < 1.29 is 21.6 Å². The minimum Gasteiger partial charge on any atom is -0.493 e. The quantitative estimate of drug-likeness (QED) is 0.722. The molecule has 0 aliphatic rings. The molecule has 8 heteroatoms. The molecule has 2 N–H and O–H groups in total. The lowest BCUT2D eigenvalue weighted by Crippen LogP contribution is -2.22. The molecule has 0 amide bonds. The third-order valence-electron chi connectivity index (χ3n) is 2.56. The Labute approximate surface area is 119 Å². The van der Waals surface area contributed by atoms with Gasteiger partial charge in [0, 0.05) is 12.8 Å². The lowest BCUT2D eigenvalue weighted by Gasteiger charge is -2.08. The van der Waals surface area contributed by atoms with E-state index < -0.39 is 19.7 Å². The Balaban J connectivity index is 2.46. The molecule has 0 heterocycles. The minimum atomic E-state index is -3.43. The van der Waals surface area contributed by atoms with Crippen LogP contribution in [-0.2, 0) is 26.2 Å². The van der Waals surface area contributed by atoms with E-state index >= 15 is 0 Å². The fourth-order valence-electron chi connectivity index (χ4n) is 1.43. The highest BCUT2D eigenvalue weighted by atomic mass is 32.2. The zero-order valence-electron chi connectivity index (χ0n) is 11.3. The average molecular weight is 321 g/mol. The van der Waals surface area contributed by atoms with Crippen molar-refractivity contribution in [2.45, 2.75) is 6.54 Å². The summed E-state index contributed by atoms with van der Waals surface area (Å²) < 4.78 is 50.5. The highest BCUT2D eigenvalue weighted by Crippen LogP contribution is 2.12. The maximum atomic E-state index is 11.6. The predicted octanol–water partition coefficient (Wildman–Crippen LogP) is -0.0165. The molecule has 1 rings (SSSR count). The van der Waals surface area contributed by atoms with Gasteiger partial charge < -0.3 is 10.5 Å². The van der Waals surface area contributed by atoms with Crippen molar-refractivity contribution in [2.75, 3.05) is 30.1 Å². The monoisotopic (exact) mass is 321 g/mol. The summed E-state index contributed by atoms with van der Waals surface area (Å²) in [5.41, 5.74) is 6.38. The van der Waals surface area contributed by atoms with E-state index in [0.29, 0.717) is 12.3 Å². The van der Waals surface area contributed by atoms with Crippen LogP contribution < -0.4 is 10.5 Å². The molecular weight excluding hydrogens is 302 g/mol. The van der Waals surface area contributed by atoms with Gasteiger partial charge in [0.15, 0.2) is 9.84 Å². The van der Waals surface area contributed by atoms with Crippen LogP contribution in [-0.4, -0.2) is 47.0 Å². The van der Waals surface area contributed by atoms with Gasteiger partial charge >= 0.3 is 0 Å². The fraction of sp³-hybridized carbons (Fsp3) is 0.500. The Hall–Kier alpha value is -1.12. The van der Waals surface area contributed by atoms with Crippen molar-refractivity contribution in [2.24, 2.45) is 5.73 Å². The van der Waals surface area contributed by atoms with E-state index in [1.807, 2.05) is 6.07 Å². The number of hydrogen-bond donors (Lipinski definition) is 1. The summed E-state index contributed by atoms with van der Waals surface area (Å²) in [5.74, 6) is -0.406. The number of nitrogens with two attached hydrogens (primary N) is 1. The second-order valence-corrected chi connectivity index (χ2v) is 9.05. The average Bonchev–Trinajstić information content (AvgIpc) is 2.36. The summed E-state index contributed by atoms with van der Waals surface area (Å²) in [4.78, 5) is 0. The predicted molar refractivity (Wildman–Crippen MR) is 78.2 cm³/mol. The summed E-state index contributed by atoms with van der Waals surface area (Å²) >= 11 is 0. The molecule has 0 fully saturated rings. The molecule has 0 saturated heterocycles. The zero-order chi connectivity index (χ0) is 15.2. The summed E-state index contributed by atoms with van der Waals surface area (Å²) in [7, 11) is -6.71. The summed E-state index contributed by atoms with van der Waals surface area (Å²) in [6.45, 7) is 0.365. The van der Waals surface area contributed by atoms with Gasteiger partial charge in [-0.1, -0.05) is 12.1 Å². The van der Waals surface area contributed by atoms with Gasteiger partial charge in [-0.05, 0) is 17.7 Å². The Morgan fingerprint density at radius 3 is 2.40 bits per heavy atom. The van der Waals surface area contributed by atoms with Gasteiger partial charge in [0.1, 0.15) is 22.2 Å². The topological polar surface area (TPSA) is 104 Å². The van der Waals surface area contributed by atoms with Crippen molar-refractivity contribution in [3.8, 4) is 5.75 Å². The second-order valence-electron chi connectivity index (χ2n) is 4.48. The van der Waals surface area contributed by atoms with Crippen LogP contribution in [0.5, 0.6) is 5.75 Å². The van der Waals surface area contributed by atoms with Crippen LogP contribution in [0, 0.1) is 0 Å². The van der Waals surface area contributed by atoms with E-state index in [2.05, 4.69) is 0 Å². The lowest BCUT2D eigenvalue weighted by molar-refractivity contribution is 0.340. The third kappa shape index (κ3) is 6.88. The summed E-state index contributed by atoms with van der Waals surface area (Å²) in [6.07, 6.45) is 1.01. The first-order valence-corrected chi connectivity index (χ1v) is 9.90. The van der Waals surface area contributed by atoms with Crippen LogP contribution in [0.3, 0.4) is 0 Å². The van der Waals surface area contributed by atoms with Crippen LogP contribution in [0.4, 0.5) is 0 Å². The highest BCUT2D eigenvalue weighted by molar-refractivity contribution is 7.94. The maximum Gasteiger partial charge on any atom is 0.154 e. The van der Waals surface area contributed by atoms with Crippen LogP contribution in [0.2, 0.25) is 0 Å². The van der Waals surface area contributed by atoms with Crippen LogP contribution in [0.25, 0.3) is 0 Å². The molecule has 0 radical (unpaired) electrons. The molecule has 0 aliphatic heterocycles. The summed E-state index contributed by atoms with van der Waals surface area (Å²) in [5, 5.41) is 0. The highest BCUT2D eigenvalue weighted by Gasteiger charge is 2.14. The van der Waals surface area contributed by atoms with Crippen molar-refractivity contribution in [3.05, 3.63) is 29.8 Å². The van der Waals surface area contributed by atoms with Crippen molar-refractivity contribution in [3.63, 3.8) is 0 Å². The molecule has 0 spiro atoms. The molecule has 0 aliphatic carbocycles. The standard InChI is InChI=1S/C12H19NO5S2/c1-19(14,15)7-8-20(16,17)6-5-18-12-4-2-3-11(9-12)10-13/h2-4,9H,5-8,10,13H2,1H3. The Morgan fingerprint density at radius 1 is 1.10 bits per heavy atom. The molecule has 114 valence electrons. The Bertz CT molecular complexity index is 638. The number of benzene rings is 1. The van der Waals surface area contributed by atoms with Crippen LogP contribution in [0.15, 0.2) is 24.3 Å². The first-order chi connectivity index (χ1) is 9.22.